The van der Waals surface area contributed by atoms with E-state index < -0.39 is 0 Å². The average molecular weight is 376 g/mol. The molecule has 3 heteroatoms. The Labute approximate surface area is 165 Å². The Hall–Kier alpha value is -1.12. The van der Waals surface area contributed by atoms with Crippen molar-refractivity contribution in [1.82, 2.24) is 4.90 Å². The fourth-order valence-electron chi connectivity index (χ4n) is 4.29. The number of rotatable bonds is 6. The SMILES string of the molecule is CC(C)Cc1ccc(C(C)/C=C2\CCC(CN3CCCC3)C2=O)cc1.Cl. The molecule has 0 aromatic heterocycles. The van der Waals surface area contributed by atoms with Crippen LogP contribution in [0.2, 0.25) is 0 Å². The average Bonchev–Trinajstić information content (AvgIpc) is 3.20. The second-order valence-corrected chi connectivity index (χ2v) is 8.43. The number of carbonyl (C=O) groups excluding carboxylic acids is 1. The fourth-order valence-corrected chi connectivity index (χ4v) is 4.29. The first-order valence-corrected chi connectivity index (χ1v) is 10.1. The lowest BCUT2D eigenvalue weighted by Gasteiger charge is -2.18. The van der Waals surface area contributed by atoms with Crippen LogP contribution in [-0.2, 0) is 11.2 Å². The van der Waals surface area contributed by atoms with Gasteiger partial charge in [-0.15, -0.1) is 12.4 Å². The number of hydrogen-bond acceptors (Lipinski definition) is 2. The predicted molar refractivity (Wildman–Crippen MR) is 112 cm³/mol. The lowest BCUT2D eigenvalue weighted by Crippen LogP contribution is -2.28. The zero-order valence-electron chi connectivity index (χ0n) is 16.5. The second-order valence-electron chi connectivity index (χ2n) is 8.43. The molecular formula is C23H34ClNO. The number of halogens is 1. The monoisotopic (exact) mass is 375 g/mol. The molecule has 0 amide bonds. The Morgan fingerprint density at radius 1 is 1.12 bits per heavy atom. The molecule has 0 radical (unpaired) electrons. The van der Waals surface area contributed by atoms with Crippen LogP contribution in [0.1, 0.15) is 63.5 Å². The van der Waals surface area contributed by atoms with E-state index in [1.165, 1.54) is 37.1 Å². The van der Waals surface area contributed by atoms with Crippen molar-refractivity contribution >= 4 is 18.2 Å². The van der Waals surface area contributed by atoms with Gasteiger partial charge in [0.25, 0.3) is 0 Å². The standard InChI is InChI=1S/C23H33NO.ClH/c1-17(2)14-19-6-8-20(9-7-19)18(3)15-21-10-11-22(23(21)25)16-24-12-4-5-13-24;/h6-9,15,17-18,22H,4-5,10-14,16H2,1-3H3;1H/b21-15+;. The van der Waals surface area contributed by atoms with Crippen molar-refractivity contribution in [2.24, 2.45) is 11.8 Å². The summed E-state index contributed by atoms with van der Waals surface area (Å²) in [6.07, 6.45) is 7.96. The third-order valence-corrected chi connectivity index (χ3v) is 5.73. The molecule has 1 heterocycles. The number of nitrogens with zero attached hydrogens (tertiary/aromatic N) is 1. The molecule has 1 saturated carbocycles. The number of carbonyl (C=O) groups is 1. The quantitative estimate of drug-likeness (QED) is 0.619. The fraction of sp³-hybridized carbons (Fsp3) is 0.609. The van der Waals surface area contributed by atoms with E-state index in [4.69, 9.17) is 0 Å². The van der Waals surface area contributed by atoms with Crippen LogP contribution in [0.3, 0.4) is 0 Å². The first-order chi connectivity index (χ1) is 12.0. The molecule has 2 atom stereocenters. The summed E-state index contributed by atoms with van der Waals surface area (Å²) in [6, 6.07) is 8.97. The summed E-state index contributed by atoms with van der Waals surface area (Å²) in [5.41, 5.74) is 3.79. The molecule has 1 aliphatic heterocycles. The van der Waals surface area contributed by atoms with Gasteiger partial charge in [-0.2, -0.15) is 0 Å². The summed E-state index contributed by atoms with van der Waals surface area (Å²) >= 11 is 0. The van der Waals surface area contributed by atoms with Gasteiger partial charge in [-0.05, 0) is 73.7 Å². The van der Waals surface area contributed by atoms with Crippen molar-refractivity contribution in [3.05, 3.63) is 47.0 Å². The summed E-state index contributed by atoms with van der Waals surface area (Å²) in [4.78, 5) is 15.2. The molecule has 2 fully saturated rings. The normalized spacial score (nSPS) is 23.6. The summed E-state index contributed by atoms with van der Waals surface area (Å²) in [6.45, 7) is 10.1. The molecule has 2 aliphatic rings. The molecule has 2 nitrogen and oxygen atoms in total. The maximum absolute atomic E-state index is 12.7. The summed E-state index contributed by atoms with van der Waals surface area (Å²) in [7, 11) is 0. The molecule has 144 valence electrons. The number of allylic oxidation sites excluding steroid dienone is 2. The van der Waals surface area contributed by atoms with Crippen LogP contribution in [0.5, 0.6) is 0 Å². The number of ketones is 1. The largest absolute Gasteiger partial charge is 0.303 e. The topological polar surface area (TPSA) is 20.3 Å². The highest BCUT2D eigenvalue weighted by Crippen LogP contribution is 2.31. The maximum atomic E-state index is 12.7. The zero-order chi connectivity index (χ0) is 17.8. The van der Waals surface area contributed by atoms with E-state index in [1.807, 2.05) is 0 Å². The molecule has 26 heavy (non-hydrogen) atoms. The van der Waals surface area contributed by atoms with Crippen LogP contribution in [0, 0.1) is 11.8 Å². The third-order valence-electron chi connectivity index (χ3n) is 5.73. The lowest BCUT2D eigenvalue weighted by atomic mass is 9.94. The molecule has 1 aromatic rings. The molecule has 0 N–H and O–H groups in total. The lowest BCUT2D eigenvalue weighted by molar-refractivity contribution is -0.118. The van der Waals surface area contributed by atoms with Gasteiger partial charge in [-0.25, -0.2) is 0 Å². The Kier molecular flexibility index (Phi) is 7.91. The maximum Gasteiger partial charge on any atom is 0.162 e. The molecule has 3 rings (SSSR count). The van der Waals surface area contributed by atoms with Crippen molar-refractivity contribution in [1.29, 1.82) is 0 Å². The van der Waals surface area contributed by atoms with Gasteiger partial charge < -0.3 is 4.90 Å². The predicted octanol–water partition coefficient (Wildman–Crippen LogP) is 5.41. The van der Waals surface area contributed by atoms with E-state index in [0.717, 1.165) is 31.4 Å². The highest BCUT2D eigenvalue weighted by atomic mass is 35.5. The van der Waals surface area contributed by atoms with Crippen molar-refractivity contribution < 1.29 is 4.79 Å². The molecule has 1 aliphatic carbocycles. The molecule has 1 aromatic carbocycles. The Bertz CT molecular complexity index is 614. The summed E-state index contributed by atoms with van der Waals surface area (Å²) < 4.78 is 0. The van der Waals surface area contributed by atoms with Gasteiger partial charge in [-0.1, -0.05) is 51.1 Å². The van der Waals surface area contributed by atoms with Gasteiger partial charge in [0.1, 0.15) is 0 Å². The minimum Gasteiger partial charge on any atom is -0.303 e. The zero-order valence-corrected chi connectivity index (χ0v) is 17.4. The van der Waals surface area contributed by atoms with Crippen LogP contribution >= 0.6 is 12.4 Å². The molecule has 0 spiro atoms. The molecule has 0 bridgehead atoms. The van der Waals surface area contributed by atoms with Crippen LogP contribution < -0.4 is 0 Å². The highest BCUT2D eigenvalue weighted by molar-refractivity contribution is 5.99. The molecular weight excluding hydrogens is 342 g/mol. The summed E-state index contributed by atoms with van der Waals surface area (Å²) in [5, 5.41) is 0. The van der Waals surface area contributed by atoms with Gasteiger partial charge in [0, 0.05) is 12.5 Å². The number of hydrogen-bond donors (Lipinski definition) is 0. The summed E-state index contributed by atoms with van der Waals surface area (Å²) in [5.74, 6) is 1.66. The van der Waals surface area contributed by atoms with E-state index >= 15 is 0 Å². The van der Waals surface area contributed by atoms with Gasteiger partial charge >= 0.3 is 0 Å². The first kappa shape index (κ1) is 21.2. The second kappa shape index (κ2) is 9.71. The van der Waals surface area contributed by atoms with Crippen LogP contribution in [-0.4, -0.2) is 30.3 Å². The van der Waals surface area contributed by atoms with Crippen molar-refractivity contribution in [3.63, 3.8) is 0 Å². The Morgan fingerprint density at radius 3 is 2.38 bits per heavy atom. The Morgan fingerprint density at radius 2 is 1.77 bits per heavy atom. The molecule has 1 saturated heterocycles. The van der Waals surface area contributed by atoms with Gasteiger partial charge in [-0.3, -0.25) is 4.79 Å². The highest BCUT2D eigenvalue weighted by Gasteiger charge is 2.31. The number of Topliss-reactive ketones (excluding diaryl/α,β-unsaturated/α-hetero) is 1. The van der Waals surface area contributed by atoms with Crippen LogP contribution in [0.25, 0.3) is 0 Å². The van der Waals surface area contributed by atoms with Crippen molar-refractivity contribution in [2.45, 2.75) is 58.8 Å². The smallest absolute Gasteiger partial charge is 0.162 e. The van der Waals surface area contributed by atoms with Gasteiger partial charge in [0.05, 0.1) is 0 Å². The molecule has 2 unspecified atom stereocenters. The van der Waals surface area contributed by atoms with E-state index in [9.17, 15) is 4.79 Å². The Balaban J connectivity index is 0.00000243. The van der Waals surface area contributed by atoms with Crippen molar-refractivity contribution in [3.8, 4) is 0 Å². The minimum absolute atomic E-state index is 0. The number of benzene rings is 1. The van der Waals surface area contributed by atoms with Crippen molar-refractivity contribution in [2.75, 3.05) is 19.6 Å². The third kappa shape index (κ3) is 5.44. The van der Waals surface area contributed by atoms with E-state index in [2.05, 4.69) is 56.0 Å². The van der Waals surface area contributed by atoms with Crippen LogP contribution in [0.15, 0.2) is 35.9 Å². The van der Waals surface area contributed by atoms with Gasteiger partial charge in [0.15, 0.2) is 5.78 Å². The van der Waals surface area contributed by atoms with E-state index in [1.54, 1.807) is 0 Å². The minimum atomic E-state index is 0. The van der Waals surface area contributed by atoms with Gasteiger partial charge in [0.2, 0.25) is 0 Å². The van der Waals surface area contributed by atoms with E-state index in [0.29, 0.717) is 17.6 Å². The first-order valence-electron chi connectivity index (χ1n) is 10.1. The van der Waals surface area contributed by atoms with Crippen LogP contribution in [0.4, 0.5) is 0 Å². The van der Waals surface area contributed by atoms with E-state index in [-0.39, 0.29) is 18.3 Å². The number of likely N-dealkylation sites (tertiary alicyclic amines) is 1.